The number of nitrogens with zero attached hydrogens (tertiary/aromatic N) is 1. The normalized spacial score (nSPS) is 20.5. The number of benzene rings is 1. The van der Waals surface area contributed by atoms with Crippen LogP contribution >= 0.6 is 0 Å². The van der Waals surface area contributed by atoms with Crippen LogP contribution in [0, 0.1) is 0 Å². The van der Waals surface area contributed by atoms with Crippen molar-refractivity contribution < 1.29 is 37.3 Å². The number of amides is 2. The van der Waals surface area contributed by atoms with Crippen molar-refractivity contribution >= 4 is 12.0 Å². The van der Waals surface area contributed by atoms with Crippen molar-refractivity contribution in [1.82, 2.24) is 10.2 Å². The zero-order chi connectivity index (χ0) is 21.1. The van der Waals surface area contributed by atoms with Crippen LogP contribution in [0.1, 0.15) is 37.6 Å². The van der Waals surface area contributed by atoms with E-state index in [1.54, 1.807) is 20.8 Å². The average Bonchev–Trinajstić information content (AvgIpc) is 2.54. The molecule has 10 heteroatoms. The molecule has 28 heavy (non-hydrogen) atoms. The number of likely N-dealkylation sites (tertiary alicyclic amines) is 1. The van der Waals surface area contributed by atoms with Crippen LogP contribution < -0.4 is 10.1 Å². The molecule has 0 radical (unpaired) electrons. The molecule has 2 N–H and O–H groups in total. The number of halogens is 3. The fourth-order valence-corrected chi connectivity index (χ4v) is 2.71. The van der Waals surface area contributed by atoms with Gasteiger partial charge in [-0.15, -0.1) is 13.2 Å². The summed E-state index contributed by atoms with van der Waals surface area (Å²) >= 11 is 0. The maximum absolute atomic E-state index is 12.5. The van der Waals surface area contributed by atoms with Crippen LogP contribution in [0.15, 0.2) is 24.3 Å². The number of ether oxygens (including phenoxy) is 2. The Kier molecular flexibility index (Phi) is 6.43. The van der Waals surface area contributed by atoms with E-state index < -0.39 is 41.9 Å². The van der Waals surface area contributed by atoms with Gasteiger partial charge in [-0.3, -0.25) is 4.79 Å². The smallest absolute Gasteiger partial charge is 0.444 e. The van der Waals surface area contributed by atoms with E-state index in [0.29, 0.717) is 0 Å². The maximum atomic E-state index is 12.5. The first-order valence-corrected chi connectivity index (χ1v) is 8.67. The Labute approximate surface area is 160 Å². The van der Waals surface area contributed by atoms with Gasteiger partial charge in [0.05, 0.1) is 24.3 Å². The number of hydrogen-bond donors (Lipinski definition) is 2. The van der Waals surface area contributed by atoms with E-state index in [4.69, 9.17) is 4.74 Å². The van der Waals surface area contributed by atoms with E-state index in [1.165, 1.54) is 23.1 Å². The highest BCUT2D eigenvalue weighted by molar-refractivity contribution is 5.97. The number of aliphatic hydroxyl groups is 1. The van der Waals surface area contributed by atoms with Crippen LogP contribution in [0.5, 0.6) is 5.75 Å². The van der Waals surface area contributed by atoms with Crippen molar-refractivity contribution in [2.75, 3.05) is 13.1 Å². The molecule has 1 aliphatic heterocycles. The van der Waals surface area contributed by atoms with Gasteiger partial charge in [0.25, 0.3) is 5.91 Å². The summed E-state index contributed by atoms with van der Waals surface area (Å²) in [5.74, 6) is -1.44. The third-order valence-electron chi connectivity index (χ3n) is 3.91. The average molecular weight is 404 g/mol. The molecule has 1 aromatic carbocycles. The van der Waals surface area contributed by atoms with E-state index >= 15 is 0 Å². The number of rotatable bonds is 3. The van der Waals surface area contributed by atoms with Crippen molar-refractivity contribution in [3.05, 3.63) is 29.8 Å². The van der Waals surface area contributed by atoms with E-state index in [-0.39, 0.29) is 25.1 Å². The minimum atomic E-state index is -4.94. The highest BCUT2D eigenvalue weighted by Gasteiger charge is 2.35. The van der Waals surface area contributed by atoms with Crippen molar-refractivity contribution in [2.24, 2.45) is 0 Å². The standard InChI is InChI=1S/C18H23F3N2O5/c1-17(2,3)28-16(26)23-9-8-12(13(24)10-23)22-15(25)11-6-4-5-7-14(11)27-18(19,20)21/h4-7,12-13,24H,8-10H2,1-3H3,(H,22,25)/t12-,13-/m1/s1. The van der Waals surface area contributed by atoms with Gasteiger partial charge in [0.2, 0.25) is 0 Å². The Morgan fingerprint density at radius 2 is 1.86 bits per heavy atom. The first kappa shape index (κ1) is 21.8. The Morgan fingerprint density at radius 3 is 2.43 bits per heavy atom. The molecule has 7 nitrogen and oxygen atoms in total. The third kappa shape index (κ3) is 6.29. The predicted octanol–water partition coefficient (Wildman–Crippen LogP) is 2.69. The number of para-hydroxylation sites is 1. The molecule has 1 aliphatic rings. The Balaban J connectivity index is 2.00. The first-order chi connectivity index (χ1) is 12.9. The summed E-state index contributed by atoms with van der Waals surface area (Å²) in [5.41, 5.74) is -0.989. The van der Waals surface area contributed by atoms with Gasteiger partial charge in [0.15, 0.2) is 0 Å². The zero-order valence-corrected chi connectivity index (χ0v) is 15.7. The van der Waals surface area contributed by atoms with Crippen LogP contribution in [0.25, 0.3) is 0 Å². The number of piperidine rings is 1. The Morgan fingerprint density at radius 1 is 1.21 bits per heavy atom. The Bertz CT molecular complexity index is 718. The van der Waals surface area contributed by atoms with Crippen molar-refractivity contribution in [2.45, 2.75) is 51.3 Å². The second-order valence-electron chi connectivity index (χ2n) is 7.41. The summed E-state index contributed by atoms with van der Waals surface area (Å²) in [6.07, 6.45) is -6.40. The monoisotopic (exact) mass is 404 g/mol. The number of carbonyl (C=O) groups is 2. The SMILES string of the molecule is CC(C)(C)OC(=O)N1CC[C@@H](NC(=O)c2ccccc2OC(F)(F)F)[C@H](O)C1. The summed E-state index contributed by atoms with van der Waals surface area (Å²) in [5, 5.41) is 12.8. The topological polar surface area (TPSA) is 88.1 Å². The quantitative estimate of drug-likeness (QED) is 0.809. The van der Waals surface area contributed by atoms with Crippen molar-refractivity contribution in [3.63, 3.8) is 0 Å². The number of hydrogen-bond acceptors (Lipinski definition) is 5. The number of nitrogens with one attached hydrogen (secondary N) is 1. The summed E-state index contributed by atoms with van der Waals surface area (Å²) in [6.45, 7) is 5.30. The maximum Gasteiger partial charge on any atom is 0.573 e. The molecular weight excluding hydrogens is 381 g/mol. The molecule has 0 spiro atoms. The highest BCUT2D eigenvalue weighted by atomic mass is 19.4. The lowest BCUT2D eigenvalue weighted by molar-refractivity contribution is -0.274. The van der Waals surface area contributed by atoms with Crippen molar-refractivity contribution in [1.29, 1.82) is 0 Å². The van der Waals surface area contributed by atoms with Crippen LogP contribution in [-0.4, -0.2) is 59.2 Å². The van der Waals surface area contributed by atoms with E-state index in [9.17, 15) is 27.9 Å². The van der Waals surface area contributed by atoms with Gasteiger partial charge in [-0.1, -0.05) is 12.1 Å². The second-order valence-corrected chi connectivity index (χ2v) is 7.41. The summed E-state index contributed by atoms with van der Waals surface area (Å²) in [6, 6.07) is 4.21. The van der Waals surface area contributed by atoms with Crippen LogP contribution in [-0.2, 0) is 4.74 Å². The molecule has 0 aromatic heterocycles. The number of β-amino-alcohol motifs (C(OH)–C–C–N with tert-alkyl or cyclic N) is 1. The first-order valence-electron chi connectivity index (χ1n) is 8.67. The molecule has 2 atom stereocenters. The van der Waals surface area contributed by atoms with E-state index in [1.807, 2.05) is 0 Å². The van der Waals surface area contributed by atoms with Gasteiger partial charge < -0.3 is 24.8 Å². The zero-order valence-electron chi connectivity index (χ0n) is 15.7. The van der Waals surface area contributed by atoms with E-state index in [0.717, 1.165) is 6.07 Å². The molecule has 2 rings (SSSR count). The van der Waals surface area contributed by atoms with Crippen LogP contribution in [0.3, 0.4) is 0 Å². The van der Waals surface area contributed by atoms with Gasteiger partial charge in [0.1, 0.15) is 11.4 Å². The van der Waals surface area contributed by atoms with Crippen LogP contribution in [0.4, 0.5) is 18.0 Å². The molecule has 0 aliphatic carbocycles. The van der Waals surface area contributed by atoms with Crippen LogP contribution in [0.2, 0.25) is 0 Å². The lowest BCUT2D eigenvalue weighted by Gasteiger charge is -2.37. The van der Waals surface area contributed by atoms with E-state index in [2.05, 4.69) is 10.1 Å². The summed E-state index contributed by atoms with van der Waals surface area (Å²) in [7, 11) is 0. The molecule has 1 heterocycles. The van der Waals surface area contributed by atoms with Gasteiger partial charge in [-0.25, -0.2) is 4.79 Å². The van der Waals surface area contributed by atoms with Gasteiger partial charge in [-0.2, -0.15) is 0 Å². The number of aliphatic hydroxyl groups excluding tert-OH is 1. The predicted molar refractivity (Wildman–Crippen MR) is 92.8 cm³/mol. The van der Waals surface area contributed by atoms with Gasteiger partial charge in [0, 0.05) is 6.54 Å². The molecule has 2 amide bonds. The number of alkyl halides is 3. The molecule has 0 bridgehead atoms. The molecule has 1 aromatic rings. The summed E-state index contributed by atoms with van der Waals surface area (Å²) in [4.78, 5) is 25.8. The molecule has 1 fully saturated rings. The van der Waals surface area contributed by atoms with Gasteiger partial charge in [-0.05, 0) is 39.3 Å². The highest BCUT2D eigenvalue weighted by Crippen LogP contribution is 2.26. The van der Waals surface area contributed by atoms with Gasteiger partial charge >= 0.3 is 12.5 Å². The summed E-state index contributed by atoms with van der Waals surface area (Å²) < 4.78 is 46.6. The second kappa shape index (κ2) is 8.26. The fraction of sp³-hybridized carbons (Fsp3) is 0.556. The molecule has 1 saturated heterocycles. The largest absolute Gasteiger partial charge is 0.573 e. The minimum absolute atomic E-state index is 0.0689. The van der Waals surface area contributed by atoms with Crippen molar-refractivity contribution in [3.8, 4) is 5.75 Å². The minimum Gasteiger partial charge on any atom is -0.444 e. The fourth-order valence-electron chi connectivity index (χ4n) is 2.71. The lowest BCUT2D eigenvalue weighted by atomic mass is 10.0. The Hall–Kier alpha value is -2.49. The lowest BCUT2D eigenvalue weighted by Crippen LogP contribution is -2.56. The molecule has 0 saturated carbocycles. The molecule has 0 unspecified atom stereocenters. The molecular formula is C18H23F3N2O5. The number of carbonyl (C=O) groups excluding carboxylic acids is 2. The molecule has 156 valence electrons. The third-order valence-corrected chi connectivity index (χ3v) is 3.91.